The predicted octanol–water partition coefficient (Wildman–Crippen LogP) is 4.03. The average molecular weight is 373 g/mol. The number of aromatic nitrogens is 1. The van der Waals surface area contributed by atoms with E-state index in [1.807, 2.05) is 20.8 Å². The van der Waals surface area contributed by atoms with Gasteiger partial charge in [0, 0.05) is 12.1 Å². The first kappa shape index (κ1) is 20.8. The molecule has 1 unspecified atom stereocenters. The molecule has 0 saturated heterocycles. The Morgan fingerprint density at radius 3 is 2.63 bits per heavy atom. The monoisotopic (exact) mass is 372 g/mol. The molecule has 2 aromatic rings. The lowest BCUT2D eigenvalue weighted by Crippen LogP contribution is -2.36. The molecule has 0 bridgehead atoms. The number of nitrogens with one attached hydrogen (secondary N) is 2. The van der Waals surface area contributed by atoms with E-state index < -0.39 is 0 Å². The van der Waals surface area contributed by atoms with E-state index in [1.54, 1.807) is 0 Å². The predicted molar refractivity (Wildman–Crippen MR) is 109 cm³/mol. The third-order valence-electron chi connectivity index (χ3n) is 4.36. The summed E-state index contributed by atoms with van der Waals surface area (Å²) in [6.45, 7) is 14.0. The molecular weight excluding hydrogens is 340 g/mol. The van der Waals surface area contributed by atoms with Gasteiger partial charge in [0.2, 0.25) is 5.89 Å². The van der Waals surface area contributed by atoms with E-state index in [1.165, 1.54) is 5.56 Å². The summed E-state index contributed by atoms with van der Waals surface area (Å²) in [6, 6.07) is 6.25. The Kier molecular flexibility index (Phi) is 7.70. The average Bonchev–Trinajstić information content (AvgIpc) is 2.96. The van der Waals surface area contributed by atoms with Gasteiger partial charge in [0.25, 0.3) is 0 Å². The number of guanidine groups is 1. The zero-order chi connectivity index (χ0) is 19.8. The molecule has 1 heterocycles. The lowest BCUT2D eigenvalue weighted by Gasteiger charge is -2.16. The molecule has 1 atom stereocenters. The van der Waals surface area contributed by atoms with Crippen molar-refractivity contribution in [3.8, 4) is 5.75 Å². The van der Waals surface area contributed by atoms with Crippen molar-refractivity contribution < 1.29 is 9.15 Å². The lowest BCUT2D eigenvalue weighted by atomic mass is 10.1. The molecule has 0 aliphatic carbocycles. The number of benzene rings is 1. The molecule has 0 amide bonds. The summed E-state index contributed by atoms with van der Waals surface area (Å²) in [5.74, 6) is 3.14. The number of aryl methyl sites for hydroxylation is 3. The molecule has 0 spiro atoms. The van der Waals surface area contributed by atoms with Crippen LogP contribution in [0.25, 0.3) is 0 Å². The molecule has 2 N–H and O–H groups in total. The third-order valence-corrected chi connectivity index (χ3v) is 4.36. The fourth-order valence-electron chi connectivity index (χ4n) is 2.48. The van der Waals surface area contributed by atoms with E-state index in [9.17, 15) is 0 Å². The fourth-order valence-corrected chi connectivity index (χ4v) is 2.48. The molecule has 0 radical (unpaired) electrons. The topological polar surface area (TPSA) is 71.7 Å². The van der Waals surface area contributed by atoms with Gasteiger partial charge in [-0.2, -0.15) is 0 Å². The Bertz CT molecular complexity index is 748. The van der Waals surface area contributed by atoms with E-state index in [4.69, 9.17) is 14.1 Å². The Labute approximate surface area is 162 Å². The maximum Gasteiger partial charge on any atom is 0.214 e. The first-order valence-electron chi connectivity index (χ1n) is 9.64. The second-order valence-electron chi connectivity index (χ2n) is 6.75. The molecule has 6 nitrogen and oxygen atoms in total. The van der Waals surface area contributed by atoms with Gasteiger partial charge in [0.05, 0.1) is 24.9 Å². The molecule has 0 aliphatic heterocycles. The quantitative estimate of drug-likeness (QED) is 0.541. The van der Waals surface area contributed by atoms with Crippen LogP contribution in [0.2, 0.25) is 0 Å². The maximum absolute atomic E-state index is 6.08. The van der Waals surface area contributed by atoms with Crippen LogP contribution in [0.1, 0.15) is 55.7 Å². The molecule has 1 aromatic carbocycles. The van der Waals surface area contributed by atoms with Crippen molar-refractivity contribution in [1.82, 2.24) is 15.6 Å². The summed E-state index contributed by atoms with van der Waals surface area (Å²) in [7, 11) is 0. The molecule has 6 heteroatoms. The zero-order valence-electron chi connectivity index (χ0n) is 17.3. The van der Waals surface area contributed by atoms with E-state index in [0.717, 1.165) is 41.7 Å². The van der Waals surface area contributed by atoms with Gasteiger partial charge in [0.1, 0.15) is 11.5 Å². The Morgan fingerprint density at radius 2 is 2.00 bits per heavy atom. The highest BCUT2D eigenvalue weighted by Crippen LogP contribution is 2.23. The van der Waals surface area contributed by atoms with Crippen molar-refractivity contribution in [2.45, 2.75) is 67.2 Å². The number of nitrogens with zero attached hydrogens (tertiary/aromatic N) is 2. The number of rotatable bonds is 8. The van der Waals surface area contributed by atoms with Crippen LogP contribution in [-0.2, 0) is 13.1 Å². The van der Waals surface area contributed by atoms with Crippen molar-refractivity contribution in [1.29, 1.82) is 0 Å². The van der Waals surface area contributed by atoms with Crippen molar-refractivity contribution in [2.75, 3.05) is 6.54 Å². The summed E-state index contributed by atoms with van der Waals surface area (Å²) in [5.41, 5.74) is 3.17. The molecule has 2 rings (SSSR count). The summed E-state index contributed by atoms with van der Waals surface area (Å²) in [5, 5.41) is 6.53. The zero-order valence-corrected chi connectivity index (χ0v) is 17.3. The molecule has 0 fully saturated rings. The van der Waals surface area contributed by atoms with E-state index in [0.29, 0.717) is 19.0 Å². The van der Waals surface area contributed by atoms with Crippen LogP contribution in [0.5, 0.6) is 5.75 Å². The van der Waals surface area contributed by atoms with Crippen LogP contribution >= 0.6 is 0 Å². The van der Waals surface area contributed by atoms with Gasteiger partial charge in [-0.05, 0) is 52.7 Å². The molecule has 148 valence electrons. The summed E-state index contributed by atoms with van der Waals surface area (Å²) in [6.07, 6.45) is 1.15. The van der Waals surface area contributed by atoms with Crippen LogP contribution in [0.4, 0.5) is 0 Å². The van der Waals surface area contributed by atoms with Gasteiger partial charge in [-0.3, -0.25) is 0 Å². The van der Waals surface area contributed by atoms with Crippen molar-refractivity contribution in [3.05, 3.63) is 46.7 Å². The van der Waals surface area contributed by atoms with Crippen LogP contribution in [-0.4, -0.2) is 23.6 Å². The molecule has 1 aromatic heterocycles. The molecular formula is C21H32N4O2. The Balaban J connectivity index is 2.09. The van der Waals surface area contributed by atoms with Crippen molar-refractivity contribution >= 4 is 5.96 Å². The molecule has 0 saturated carbocycles. The van der Waals surface area contributed by atoms with Crippen LogP contribution in [0.3, 0.4) is 0 Å². The van der Waals surface area contributed by atoms with Gasteiger partial charge >= 0.3 is 0 Å². The number of oxazole rings is 1. The van der Waals surface area contributed by atoms with Gasteiger partial charge in [-0.1, -0.05) is 19.1 Å². The molecule has 0 aliphatic rings. The fraction of sp³-hybridized carbons (Fsp3) is 0.524. The minimum atomic E-state index is 0.178. The van der Waals surface area contributed by atoms with E-state index in [-0.39, 0.29) is 6.10 Å². The molecule has 27 heavy (non-hydrogen) atoms. The standard InChI is InChI=1S/C21H32N4O2/c1-7-15(4)26-19-11-14(3)9-10-18(19)12-23-21(22-8-2)24-13-20-25-16(5)17(6)27-20/h9-11,15H,7-8,12-13H2,1-6H3,(H2,22,23,24). The van der Waals surface area contributed by atoms with E-state index >= 15 is 0 Å². The Hall–Kier alpha value is -2.50. The van der Waals surface area contributed by atoms with Gasteiger partial charge in [-0.15, -0.1) is 0 Å². The number of ether oxygens (including phenoxy) is 1. The first-order valence-corrected chi connectivity index (χ1v) is 9.64. The van der Waals surface area contributed by atoms with Crippen LogP contribution < -0.4 is 15.4 Å². The summed E-state index contributed by atoms with van der Waals surface area (Å²) >= 11 is 0. The number of aliphatic imine (C=N–C) groups is 1. The highest BCUT2D eigenvalue weighted by molar-refractivity contribution is 5.79. The first-order chi connectivity index (χ1) is 12.9. The van der Waals surface area contributed by atoms with Crippen molar-refractivity contribution in [2.24, 2.45) is 4.99 Å². The van der Waals surface area contributed by atoms with Gasteiger partial charge in [-0.25, -0.2) is 9.98 Å². The highest BCUT2D eigenvalue weighted by Gasteiger charge is 2.09. The largest absolute Gasteiger partial charge is 0.490 e. The third kappa shape index (κ3) is 6.31. The summed E-state index contributed by atoms with van der Waals surface area (Å²) < 4.78 is 11.7. The normalized spacial score (nSPS) is 12.7. The van der Waals surface area contributed by atoms with Gasteiger partial charge < -0.3 is 19.8 Å². The summed E-state index contributed by atoms with van der Waals surface area (Å²) in [4.78, 5) is 9.09. The number of hydrogen-bond acceptors (Lipinski definition) is 4. The van der Waals surface area contributed by atoms with Crippen molar-refractivity contribution in [3.63, 3.8) is 0 Å². The lowest BCUT2D eigenvalue weighted by molar-refractivity contribution is 0.215. The number of hydrogen-bond donors (Lipinski definition) is 2. The van der Waals surface area contributed by atoms with Crippen LogP contribution in [0, 0.1) is 20.8 Å². The van der Waals surface area contributed by atoms with Gasteiger partial charge in [0.15, 0.2) is 5.96 Å². The highest BCUT2D eigenvalue weighted by atomic mass is 16.5. The SMILES string of the molecule is CCNC(=NCc1ccc(C)cc1OC(C)CC)NCc1nc(C)c(C)o1. The second kappa shape index (κ2) is 10.00. The smallest absolute Gasteiger partial charge is 0.214 e. The maximum atomic E-state index is 6.08. The minimum absolute atomic E-state index is 0.178. The second-order valence-corrected chi connectivity index (χ2v) is 6.75. The van der Waals surface area contributed by atoms with Crippen LogP contribution in [0.15, 0.2) is 27.6 Å². The minimum Gasteiger partial charge on any atom is -0.490 e. The Morgan fingerprint density at radius 1 is 1.22 bits per heavy atom. The van der Waals surface area contributed by atoms with E-state index in [2.05, 4.69) is 54.6 Å².